The highest BCUT2D eigenvalue weighted by atomic mass is 127. The van der Waals surface area contributed by atoms with E-state index < -0.39 is 0 Å². The summed E-state index contributed by atoms with van der Waals surface area (Å²) in [6.45, 7) is 2.31. The molecule has 3 rings (SSSR count). The zero-order chi connectivity index (χ0) is 11.3. The lowest BCUT2D eigenvalue weighted by Gasteiger charge is -2.45. The molecule has 3 fully saturated rings. The maximum absolute atomic E-state index is 12.0. The van der Waals surface area contributed by atoms with Crippen LogP contribution < -0.4 is 0 Å². The van der Waals surface area contributed by atoms with Gasteiger partial charge in [-0.3, -0.25) is 4.90 Å². The molecule has 90 valence electrons. The minimum absolute atomic E-state index is 0.146. The lowest BCUT2D eigenvalue weighted by Crippen LogP contribution is -2.59. The van der Waals surface area contributed by atoms with Crippen LogP contribution in [0.25, 0.3) is 0 Å². The third-order valence-electron chi connectivity index (χ3n) is 3.92. The van der Waals surface area contributed by atoms with Crippen molar-refractivity contribution in [3.05, 3.63) is 0 Å². The van der Waals surface area contributed by atoms with E-state index in [9.17, 15) is 4.79 Å². The van der Waals surface area contributed by atoms with E-state index in [0.29, 0.717) is 22.7 Å². The number of carbonyl (C=O) groups excluding carboxylic acids is 1. The van der Waals surface area contributed by atoms with E-state index in [1.54, 1.807) is 0 Å². The van der Waals surface area contributed by atoms with Crippen LogP contribution in [0, 0.1) is 0 Å². The van der Waals surface area contributed by atoms with E-state index in [2.05, 4.69) is 22.6 Å². The predicted molar refractivity (Wildman–Crippen MR) is 66.8 cm³/mol. The van der Waals surface area contributed by atoms with Crippen molar-refractivity contribution in [2.24, 2.45) is 0 Å². The van der Waals surface area contributed by atoms with Crippen molar-refractivity contribution in [2.45, 2.75) is 54.4 Å². The van der Waals surface area contributed by atoms with Crippen LogP contribution in [0.3, 0.4) is 0 Å². The molecular formula is C11H16INO3. The van der Waals surface area contributed by atoms with Crippen LogP contribution in [0.5, 0.6) is 0 Å². The monoisotopic (exact) mass is 337 g/mol. The maximum atomic E-state index is 12.0. The van der Waals surface area contributed by atoms with Crippen LogP contribution in [0.15, 0.2) is 0 Å². The Balaban J connectivity index is 1.86. The minimum Gasteiger partial charge on any atom is -0.450 e. The predicted octanol–water partition coefficient (Wildman–Crippen LogP) is 1.95. The molecule has 0 spiro atoms. The Kier molecular flexibility index (Phi) is 2.78. The first kappa shape index (κ1) is 11.1. The van der Waals surface area contributed by atoms with Gasteiger partial charge in [0.25, 0.3) is 0 Å². The second kappa shape index (κ2) is 4.01. The van der Waals surface area contributed by atoms with Crippen molar-refractivity contribution in [1.82, 2.24) is 4.90 Å². The molecule has 5 heteroatoms. The number of alkyl halides is 1. The largest absolute Gasteiger partial charge is 0.450 e. The van der Waals surface area contributed by atoms with Gasteiger partial charge in [0, 0.05) is 6.04 Å². The minimum atomic E-state index is -0.146. The number of piperidine rings is 2. The van der Waals surface area contributed by atoms with Crippen LogP contribution in [0.4, 0.5) is 4.79 Å². The average Bonchev–Trinajstić information content (AvgIpc) is 2.59. The molecule has 0 aliphatic carbocycles. The van der Waals surface area contributed by atoms with Crippen molar-refractivity contribution in [1.29, 1.82) is 0 Å². The molecule has 4 nitrogen and oxygen atoms in total. The molecule has 3 heterocycles. The van der Waals surface area contributed by atoms with E-state index in [1.807, 2.05) is 11.8 Å². The summed E-state index contributed by atoms with van der Waals surface area (Å²) >= 11 is 2.44. The van der Waals surface area contributed by atoms with Crippen LogP contribution in [0.1, 0.15) is 26.2 Å². The third kappa shape index (κ3) is 1.47. The van der Waals surface area contributed by atoms with Gasteiger partial charge in [-0.2, -0.15) is 0 Å². The molecule has 0 radical (unpaired) electrons. The number of rotatable bonds is 1. The lowest BCUT2D eigenvalue weighted by atomic mass is 9.85. The Morgan fingerprint density at radius 1 is 1.44 bits per heavy atom. The summed E-state index contributed by atoms with van der Waals surface area (Å²) in [6.07, 6.45) is 3.62. The smallest absolute Gasteiger partial charge is 0.410 e. The van der Waals surface area contributed by atoms with Crippen molar-refractivity contribution in [3.63, 3.8) is 0 Å². The Morgan fingerprint density at radius 3 is 3.00 bits per heavy atom. The van der Waals surface area contributed by atoms with Gasteiger partial charge in [-0.1, -0.05) is 22.6 Å². The standard InChI is InChI=1S/C11H16INO3/c1-2-15-11(14)13-6-3-4-8-7(13)5-9(16-8)10(6)12/h6-10H,2-5H2,1H3/t6-,7-,8-,9-,10-/m0/s1. The van der Waals surface area contributed by atoms with E-state index in [4.69, 9.17) is 9.47 Å². The maximum Gasteiger partial charge on any atom is 0.410 e. The van der Waals surface area contributed by atoms with Crippen molar-refractivity contribution in [2.75, 3.05) is 6.61 Å². The molecule has 1 amide bonds. The molecule has 3 aliphatic heterocycles. The third-order valence-corrected chi connectivity index (χ3v) is 5.55. The second-order valence-electron chi connectivity index (χ2n) is 4.71. The Labute approximate surface area is 109 Å². The highest BCUT2D eigenvalue weighted by Crippen LogP contribution is 2.46. The summed E-state index contributed by atoms with van der Waals surface area (Å²) in [6, 6.07) is 0.593. The number of hydrogen-bond donors (Lipinski definition) is 0. The molecular weight excluding hydrogens is 321 g/mol. The van der Waals surface area contributed by atoms with Gasteiger partial charge in [0.05, 0.1) is 28.8 Å². The molecule has 0 aromatic rings. The van der Waals surface area contributed by atoms with Gasteiger partial charge in [-0.15, -0.1) is 0 Å². The Hall–Kier alpha value is -0.0400. The number of halogens is 1. The summed E-state index contributed by atoms with van der Waals surface area (Å²) in [5, 5.41) is 0. The quantitative estimate of drug-likeness (QED) is 0.542. The summed E-state index contributed by atoms with van der Waals surface area (Å²) in [5.74, 6) is 0. The van der Waals surface area contributed by atoms with Crippen LogP contribution in [0.2, 0.25) is 0 Å². The van der Waals surface area contributed by atoms with Gasteiger partial charge in [0.2, 0.25) is 0 Å². The van der Waals surface area contributed by atoms with E-state index in [1.165, 1.54) is 0 Å². The van der Waals surface area contributed by atoms with E-state index >= 15 is 0 Å². The topological polar surface area (TPSA) is 38.8 Å². The summed E-state index contributed by atoms with van der Waals surface area (Å²) in [7, 11) is 0. The summed E-state index contributed by atoms with van der Waals surface area (Å²) < 4.78 is 11.6. The molecule has 0 unspecified atom stereocenters. The van der Waals surface area contributed by atoms with Crippen molar-refractivity contribution >= 4 is 28.7 Å². The van der Waals surface area contributed by atoms with E-state index in [-0.39, 0.29) is 18.2 Å². The van der Waals surface area contributed by atoms with Crippen LogP contribution >= 0.6 is 22.6 Å². The lowest BCUT2D eigenvalue weighted by molar-refractivity contribution is 0.0182. The number of fused-ring (bicyclic) bond motifs is 2. The van der Waals surface area contributed by atoms with Gasteiger partial charge >= 0.3 is 6.09 Å². The first-order valence-electron chi connectivity index (χ1n) is 5.97. The summed E-state index contributed by atoms with van der Waals surface area (Å²) in [5.41, 5.74) is 0. The molecule has 3 aliphatic rings. The number of amides is 1. The number of nitrogens with zero attached hydrogens (tertiary/aromatic N) is 1. The molecule has 0 aromatic carbocycles. The number of ether oxygens (including phenoxy) is 2. The first-order valence-corrected chi connectivity index (χ1v) is 7.21. The molecule has 0 aromatic heterocycles. The van der Waals surface area contributed by atoms with Gasteiger partial charge < -0.3 is 9.47 Å². The van der Waals surface area contributed by atoms with Gasteiger partial charge in [-0.25, -0.2) is 4.79 Å². The van der Waals surface area contributed by atoms with Gasteiger partial charge in [0.15, 0.2) is 0 Å². The molecule has 0 saturated carbocycles. The van der Waals surface area contributed by atoms with Crippen molar-refractivity contribution < 1.29 is 14.3 Å². The van der Waals surface area contributed by atoms with Gasteiger partial charge in [-0.05, 0) is 26.2 Å². The number of carbonyl (C=O) groups is 1. The molecule has 3 saturated heterocycles. The Morgan fingerprint density at radius 2 is 2.25 bits per heavy atom. The van der Waals surface area contributed by atoms with Gasteiger partial charge in [0.1, 0.15) is 0 Å². The molecule has 3 bridgehead atoms. The van der Waals surface area contributed by atoms with Crippen LogP contribution in [-0.4, -0.2) is 45.8 Å². The zero-order valence-corrected chi connectivity index (χ0v) is 11.4. The molecule has 5 atom stereocenters. The Bertz CT molecular complexity index is 312. The fraction of sp³-hybridized carbons (Fsp3) is 0.909. The normalized spacial score (nSPS) is 44.9. The highest BCUT2D eigenvalue weighted by molar-refractivity contribution is 14.1. The van der Waals surface area contributed by atoms with Crippen LogP contribution in [-0.2, 0) is 9.47 Å². The average molecular weight is 337 g/mol. The highest BCUT2D eigenvalue weighted by Gasteiger charge is 2.56. The van der Waals surface area contributed by atoms with Crippen molar-refractivity contribution in [3.8, 4) is 0 Å². The molecule has 0 N–H and O–H groups in total. The molecule has 16 heavy (non-hydrogen) atoms. The fourth-order valence-corrected chi connectivity index (χ4v) is 4.44. The first-order chi connectivity index (χ1) is 7.72. The fourth-order valence-electron chi connectivity index (χ4n) is 3.27. The number of hydrogen-bond acceptors (Lipinski definition) is 3. The van der Waals surface area contributed by atoms with E-state index in [0.717, 1.165) is 19.3 Å². The second-order valence-corrected chi connectivity index (χ2v) is 6.15. The SMILES string of the molecule is CCOC(=O)N1[C@H]2CC[C@@H]3O[C@@H](C[C@@H]31)[C@H]2I. The zero-order valence-electron chi connectivity index (χ0n) is 9.27. The summed E-state index contributed by atoms with van der Waals surface area (Å²) in [4.78, 5) is 13.9.